The predicted octanol–water partition coefficient (Wildman–Crippen LogP) is 3.45. The van der Waals surface area contributed by atoms with E-state index in [1.807, 2.05) is 30.3 Å². The summed E-state index contributed by atoms with van der Waals surface area (Å²) in [6.07, 6.45) is -0.640. The standard InChI is InChI=1S/C16H14ClNO3/c17-14-9-5-4-8-13(14)15(19)10-18-16(20)21-11-12-6-2-1-3-7-12/h1-9H,10-11H2,(H,18,20). The van der Waals surface area contributed by atoms with Gasteiger partial charge in [-0.3, -0.25) is 4.79 Å². The molecular formula is C16H14ClNO3. The minimum atomic E-state index is -0.640. The number of ketones is 1. The number of carbonyl (C=O) groups excluding carboxylic acids is 2. The van der Waals surface area contributed by atoms with Crippen LogP contribution < -0.4 is 5.32 Å². The molecule has 1 N–H and O–H groups in total. The summed E-state index contributed by atoms with van der Waals surface area (Å²) in [5.74, 6) is -0.266. The van der Waals surface area contributed by atoms with Crippen LogP contribution in [0.15, 0.2) is 54.6 Å². The van der Waals surface area contributed by atoms with E-state index in [2.05, 4.69) is 5.32 Å². The van der Waals surface area contributed by atoms with Gasteiger partial charge in [0.2, 0.25) is 0 Å². The fourth-order valence-electron chi connectivity index (χ4n) is 1.71. The normalized spacial score (nSPS) is 9.95. The molecule has 0 aliphatic rings. The average molecular weight is 304 g/mol. The van der Waals surface area contributed by atoms with E-state index < -0.39 is 6.09 Å². The molecule has 4 nitrogen and oxygen atoms in total. The first-order valence-electron chi connectivity index (χ1n) is 6.39. The van der Waals surface area contributed by atoms with Gasteiger partial charge >= 0.3 is 6.09 Å². The van der Waals surface area contributed by atoms with Gasteiger partial charge in [0.25, 0.3) is 0 Å². The molecule has 0 fully saturated rings. The van der Waals surface area contributed by atoms with E-state index in [-0.39, 0.29) is 18.9 Å². The summed E-state index contributed by atoms with van der Waals surface area (Å²) in [5, 5.41) is 2.77. The minimum Gasteiger partial charge on any atom is -0.445 e. The lowest BCUT2D eigenvalue weighted by molar-refractivity contribution is 0.0974. The Labute approximate surface area is 127 Å². The highest BCUT2D eigenvalue weighted by Gasteiger charge is 2.11. The third-order valence-corrected chi connectivity index (χ3v) is 3.11. The van der Waals surface area contributed by atoms with Crippen LogP contribution in [0.25, 0.3) is 0 Å². The van der Waals surface area contributed by atoms with Crippen molar-refractivity contribution in [3.8, 4) is 0 Å². The first-order chi connectivity index (χ1) is 10.2. The molecule has 0 heterocycles. The van der Waals surface area contributed by atoms with Gasteiger partial charge in [-0.1, -0.05) is 54.1 Å². The van der Waals surface area contributed by atoms with E-state index in [1.54, 1.807) is 24.3 Å². The molecule has 0 aromatic heterocycles. The summed E-state index contributed by atoms with van der Waals surface area (Å²) in [7, 11) is 0. The van der Waals surface area contributed by atoms with Crippen molar-refractivity contribution in [3.63, 3.8) is 0 Å². The highest BCUT2D eigenvalue weighted by atomic mass is 35.5. The molecule has 0 aliphatic carbocycles. The molecule has 0 unspecified atom stereocenters. The molecule has 0 radical (unpaired) electrons. The molecule has 0 aliphatic heterocycles. The summed E-state index contributed by atoms with van der Waals surface area (Å²) < 4.78 is 5.01. The minimum absolute atomic E-state index is 0.155. The lowest BCUT2D eigenvalue weighted by Crippen LogP contribution is -2.30. The SMILES string of the molecule is O=C(NCC(=O)c1ccccc1Cl)OCc1ccccc1. The third kappa shape index (κ3) is 4.61. The molecule has 21 heavy (non-hydrogen) atoms. The van der Waals surface area contributed by atoms with Crippen LogP contribution in [0.5, 0.6) is 0 Å². The van der Waals surface area contributed by atoms with Gasteiger partial charge in [0.1, 0.15) is 6.61 Å². The number of hydrogen-bond acceptors (Lipinski definition) is 3. The van der Waals surface area contributed by atoms with Crippen molar-refractivity contribution in [2.45, 2.75) is 6.61 Å². The van der Waals surface area contributed by atoms with Gasteiger partial charge in [-0.25, -0.2) is 4.79 Å². The van der Waals surface area contributed by atoms with Crippen LogP contribution in [0.2, 0.25) is 5.02 Å². The number of hydrogen-bond donors (Lipinski definition) is 1. The number of benzene rings is 2. The van der Waals surface area contributed by atoms with Gasteiger partial charge in [-0.15, -0.1) is 0 Å². The Morgan fingerprint density at radius 1 is 1.00 bits per heavy atom. The highest BCUT2D eigenvalue weighted by molar-refractivity contribution is 6.34. The zero-order valence-electron chi connectivity index (χ0n) is 11.2. The first kappa shape index (κ1) is 15.1. The van der Waals surface area contributed by atoms with Crippen molar-refractivity contribution in [1.29, 1.82) is 0 Å². The molecule has 0 saturated carbocycles. The fourth-order valence-corrected chi connectivity index (χ4v) is 1.95. The summed E-state index contributed by atoms with van der Waals surface area (Å²) in [6.45, 7) is 0.00428. The van der Waals surface area contributed by atoms with Gasteiger partial charge in [0, 0.05) is 5.56 Å². The molecule has 2 aromatic rings. The van der Waals surface area contributed by atoms with Gasteiger partial charge in [0.15, 0.2) is 5.78 Å². The van der Waals surface area contributed by atoms with E-state index >= 15 is 0 Å². The van der Waals surface area contributed by atoms with Crippen molar-refractivity contribution in [3.05, 3.63) is 70.7 Å². The molecular weight excluding hydrogens is 290 g/mol. The number of alkyl carbamates (subject to hydrolysis) is 1. The second kappa shape index (κ2) is 7.45. The second-order valence-electron chi connectivity index (χ2n) is 4.32. The van der Waals surface area contributed by atoms with Crippen LogP contribution in [-0.2, 0) is 11.3 Å². The summed E-state index contributed by atoms with van der Waals surface area (Å²) in [4.78, 5) is 23.4. The molecule has 0 spiro atoms. The van der Waals surface area contributed by atoms with Crippen molar-refractivity contribution < 1.29 is 14.3 Å². The number of amides is 1. The van der Waals surface area contributed by atoms with E-state index in [9.17, 15) is 9.59 Å². The number of ether oxygens (including phenoxy) is 1. The zero-order valence-corrected chi connectivity index (χ0v) is 12.0. The topological polar surface area (TPSA) is 55.4 Å². The monoisotopic (exact) mass is 303 g/mol. The van der Waals surface area contributed by atoms with Gasteiger partial charge in [-0.05, 0) is 17.7 Å². The Hall–Kier alpha value is -2.33. The molecule has 0 saturated heterocycles. The van der Waals surface area contributed by atoms with Gasteiger partial charge in [-0.2, -0.15) is 0 Å². The molecule has 0 bridgehead atoms. The molecule has 0 atom stereocenters. The Kier molecular flexibility index (Phi) is 5.35. The first-order valence-corrected chi connectivity index (χ1v) is 6.77. The van der Waals surface area contributed by atoms with Crippen LogP contribution in [0.3, 0.4) is 0 Å². The van der Waals surface area contributed by atoms with Crippen LogP contribution >= 0.6 is 11.6 Å². The number of Topliss-reactive ketones (excluding diaryl/α,β-unsaturated/α-hetero) is 1. The number of carbonyl (C=O) groups is 2. The van der Waals surface area contributed by atoms with Crippen molar-refractivity contribution in [2.24, 2.45) is 0 Å². The van der Waals surface area contributed by atoms with Crippen LogP contribution in [0.1, 0.15) is 15.9 Å². The Bertz CT molecular complexity index is 628. The maximum atomic E-state index is 11.9. The summed E-state index contributed by atoms with van der Waals surface area (Å²) in [5.41, 5.74) is 1.26. The summed E-state index contributed by atoms with van der Waals surface area (Å²) >= 11 is 5.91. The van der Waals surface area contributed by atoms with E-state index in [1.165, 1.54) is 0 Å². The van der Waals surface area contributed by atoms with Gasteiger partial charge in [0.05, 0.1) is 11.6 Å². The fraction of sp³-hybridized carbons (Fsp3) is 0.125. The number of nitrogens with one attached hydrogen (secondary N) is 1. The average Bonchev–Trinajstić information content (AvgIpc) is 2.52. The van der Waals surface area contributed by atoms with Crippen molar-refractivity contribution in [2.75, 3.05) is 6.54 Å². The van der Waals surface area contributed by atoms with E-state index in [4.69, 9.17) is 16.3 Å². The van der Waals surface area contributed by atoms with Crippen LogP contribution in [-0.4, -0.2) is 18.4 Å². The largest absolute Gasteiger partial charge is 0.445 e. The maximum Gasteiger partial charge on any atom is 0.407 e. The van der Waals surface area contributed by atoms with Crippen LogP contribution in [0, 0.1) is 0 Å². The van der Waals surface area contributed by atoms with E-state index in [0.29, 0.717) is 10.6 Å². The molecule has 5 heteroatoms. The molecule has 108 valence electrons. The predicted molar refractivity (Wildman–Crippen MR) is 80.4 cm³/mol. The Morgan fingerprint density at radius 2 is 1.67 bits per heavy atom. The zero-order chi connectivity index (χ0) is 15.1. The molecule has 1 amide bonds. The third-order valence-electron chi connectivity index (χ3n) is 2.78. The lowest BCUT2D eigenvalue weighted by atomic mass is 10.1. The summed E-state index contributed by atoms with van der Waals surface area (Å²) in [6, 6.07) is 16.0. The smallest absolute Gasteiger partial charge is 0.407 e. The van der Waals surface area contributed by atoms with Crippen LogP contribution in [0.4, 0.5) is 4.79 Å². The number of halogens is 1. The van der Waals surface area contributed by atoms with E-state index in [0.717, 1.165) is 5.56 Å². The quantitative estimate of drug-likeness (QED) is 0.861. The lowest BCUT2D eigenvalue weighted by Gasteiger charge is -2.07. The molecule has 2 rings (SSSR count). The second-order valence-corrected chi connectivity index (χ2v) is 4.73. The number of rotatable bonds is 5. The van der Waals surface area contributed by atoms with Crippen molar-refractivity contribution in [1.82, 2.24) is 5.32 Å². The maximum absolute atomic E-state index is 11.9. The Morgan fingerprint density at radius 3 is 2.38 bits per heavy atom. The van der Waals surface area contributed by atoms with Gasteiger partial charge < -0.3 is 10.1 Å². The Balaban J connectivity index is 1.79. The highest BCUT2D eigenvalue weighted by Crippen LogP contribution is 2.14. The molecule has 2 aromatic carbocycles. The van der Waals surface area contributed by atoms with Crippen molar-refractivity contribution >= 4 is 23.5 Å².